The Balaban J connectivity index is 1.55. The van der Waals surface area contributed by atoms with Gasteiger partial charge in [0.1, 0.15) is 5.60 Å². The van der Waals surface area contributed by atoms with Crippen molar-refractivity contribution < 1.29 is 4.74 Å². The molecule has 4 heterocycles. The van der Waals surface area contributed by atoms with Crippen molar-refractivity contribution in [2.75, 3.05) is 6.61 Å². The Morgan fingerprint density at radius 1 is 1.42 bits per heavy atom. The average molecular weight is 365 g/mol. The molecule has 24 heavy (non-hydrogen) atoms. The van der Waals surface area contributed by atoms with E-state index in [1.54, 1.807) is 16.0 Å². The van der Waals surface area contributed by atoms with Crippen molar-refractivity contribution in [3.63, 3.8) is 0 Å². The van der Waals surface area contributed by atoms with Gasteiger partial charge in [-0.15, -0.1) is 16.4 Å². The number of hydrogen-bond donors (Lipinski definition) is 1. The van der Waals surface area contributed by atoms with E-state index in [2.05, 4.69) is 21.7 Å². The lowest BCUT2D eigenvalue weighted by molar-refractivity contribution is -0.0992. The van der Waals surface area contributed by atoms with Crippen LogP contribution in [0.3, 0.4) is 0 Å². The summed E-state index contributed by atoms with van der Waals surface area (Å²) >= 11 is 8.05. The molecule has 1 spiro atoms. The van der Waals surface area contributed by atoms with Crippen LogP contribution in [0, 0.1) is 5.92 Å². The summed E-state index contributed by atoms with van der Waals surface area (Å²) < 4.78 is 9.12. The highest BCUT2D eigenvalue weighted by atomic mass is 35.5. The summed E-state index contributed by atoms with van der Waals surface area (Å²) in [6.45, 7) is 0.782. The number of rotatable bonds is 2. The van der Waals surface area contributed by atoms with Gasteiger partial charge in [0.25, 0.3) is 0 Å². The molecule has 0 bridgehead atoms. The van der Waals surface area contributed by atoms with Gasteiger partial charge in [0, 0.05) is 30.6 Å². The van der Waals surface area contributed by atoms with Crippen molar-refractivity contribution in [2.24, 2.45) is 13.0 Å². The summed E-state index contributed by atoms with van der Waals surface area (Å²) in [7, 11) is 1.92. The van der Waals surface area contributed by atoms with Crippen LogP contribution in [0.1, 0.15) is 47.9 Å². The number of nitrogens with zero attached hydrogens (tertiary/aromatic N) is 3. The molecule has 2 aromatic rings. The van der Waals surface area contributed by atoms with Crippen molar-refractivity contribution >= 4 is 22.9 Å². The average Bonchev–Trinajstić information content (AvgIpc) is 3.21. The van der Waals surface area contributed by atoms with Gasteiger partial charge in [-0.3, -0.25) is 4.68 Å². The van der Waals surface area contributed by atoms with Crippen LogP contribution in [-0.4, -0.2) is 27.6 Å². The van der Waals surface area contributed by atoms with Crippen molar-refractivity contribution in [3.05, 3.63) is 32.7 Å². The lowest BCUT2D eigenvalue weighted by Gasteiger charge is -2.46. The molecule has 2 aromatic heterocycles. The van der Waals surface area contributed by atoms with Crippen LogP contribution in [0.4, 0.5) is 0 Å². The van der Waals surface area contributed by atoms with Gasteiger partial charge in [-0.05, 0) is 43.2 Å². The number of piperidine rings is 1. The molecule has 0 radical (unpaired) electrons. The van der Waals surface area contributed by atoms with E-state index in [-0.39, 0.29) is 11.6 Å². The van der Waals surface area contributed by atoms with Gasteiger partial charge in [0.05, 0.1) is 22.7 Å². The largest absolute Gasteiger partial charge is 0.369 e. The molecule has 5 rings (SSSR count). The zero-order valence-electron chi connectivity index (χ0n) is 13.7. The number of halogens is 1. The van der Waals surface area contributed by atoms with Gasteiger partial charge in [-0.25, -0.2) is 0 Å². The molecule has 1 N–H and O–H groups in total. The molecule has 2 aliphatic heterocycles. The number of fused-ring (bicyclic) bond motifs is 2. The van der Waals surface area contributed by atoms with Crippen LogP contribution in [-0.2, 0) is 23.8 Å². The zero-order chi connectivity index (χ0) is 16.3. The topological polar surface area (TPSA) is 52.0 Å². The minimum atomic E-state index is -0.216. The Kier molecular flexibility index (Phi) is 3.53. The fourth-order valence-corrected chi connectivity index (χ4v) is 5.82. The number of aromatic nitrogens is 3. The van der Waals surface area contributed by atoms with Crippen LogP contribution in [0.2, 0.25) is 4.34 Å². The Labute approximate surface area is 150 Å². The fraction of sp³-hybridized carbons (Fsp3) is 0.647. The second-order valence-corrected chi connectivity index (χ2v) is 9.07. The summed E-state index contributed by atoms with van der Waals surface area (Å²) in [6.07, 6.45) is 7.57. The number of aryl methyl sites for hydroxylation is 1. The van der Waals surface area contributed by atoms with Gasteiger partial charge >= 0.3 is 0 Å². The van der Waals surface area contributed by atoms with Gasteiger partial charge < -0.3 is 10.1 Å². The SMILES string of the molecule is Cn1cc([C@@H]2C[C@]3(C[C@H](C4CC4)N2)OCCc2cc(Cl)sc23)nn1. The molecule has 5 nitrogen and oxygen atoms in total. The molecule has 2 fully saturated rings. The molecular formula is C17H21ClN4OS. The number of ether oxygens (including phenoxy) is 1. The first-order valence-corrected chi connectivity index (χ1v) is 9.87. The molecule has 7 heteroatoms. The van der Waals surface area contributed by atoms with Gasteiger partial charge in [0.15, 0.2) is 0 Å². The molecule has 0 unspecified atom stereocenters. The monoisotopic (exact) mass is 364 g/mol. The van der Waals surface area contributed by atoms with Crippen molar-refractivity contribution in [1.29, 1.82) is 0 Å². The second kappa shape index (κ2) is 5.53. The number of nitrogens with one attached hydrogen (secondary N) is 1. The highest BCUT2D eigenvalue weighted by Crippen LogP contribution is 2.52. The second-order valence-electron chi connectivity index (χ2n) is 7.39. The Bertz CT molecular complexity index is 770. The third-order valence-corrected chi connectivity index (χ3v) is 7.10. The minimum Gasteiger partial charge on any atom is -0.369 e. The van der Waals surface area contributed by atoms with E-state index in [1.165, 1.54) is 23.3 Å². The lowest BCUT2D eigenvalue weighted by atomic mass is 9.77. The quantitative estimate of drug-likeness (QED) is 0.889. The van der Waals surface area contributed by atoms with Crippen LogP contribution in [0.5, 0.6) is 0 Å². The molecule has 1 saturated heterocycles. The predicted molar refractivity (Wildman–Crippen MR) is 93.3 cm³/mol. The van der Waals surface area contributed by atoms with Crippen LogP contribution in [0.15, 0.2) is 12.3 Å². The van der Waals surface area contributed by atoms with Gasteiger partial charge in [-0.1, -0.05) is 16.8 Å². The van der Waals surface area contributed by atoms with E-state index in [1.807, 2.05) is 13.2 Å². The highest BCUT2D eigenvalue weighted by molar-refractivity contribution is 7.16. The zero-order valence-corrected chi connectivity index (χ0v) is 15.2. The Hall–Kier alpha value is -0.950. The molecular weight excluding hydrogens is 344 g/mol. The molecule has 3 aliphatic rings. The van der Waals surface area contributed by atoms with Crippen LogP contribution < -0.4 is 5.32 Å². The van der Waals surface area contributed by atoms with E-state index >= 15 is 0 Å². The lowest BCUT2D eigenvalue weighted by Crippen LogP contribution is -2.51. The van der Waals surface area contributed by atoms with Gasteiger partial charge in [0.2, 0.25) is 0 Å². The Morgan fingerprint density at radius 2 is 2.29 bits per heavy atom. The maximum Gasteiger partial charge on any atom is 0.106 e. The van der Waals surface area contributed by atoms with Crippen molar-refractivity contribution in [2.45, 2.75) is 49.8 Å². The first-order chi connectivity index (χ1) is 11.6. The van der Waals surface area contributed by atoms with E-state index in [9.17, 15) is 0 Å². The molecule has 1 saturated carbocycles. The maximum absolute atomic E-state index is 6.47. The minimum absolute atomic E-state index is 0.185. The number of hydrogen-bond acceptors (Lipinski definition) is 5. The normalized spacial score (nSPS) is 32.9. The van der Waals surface area contributed by atoms with E-state index in [0.29, 0.717) is 6.04 Å². The summed E-state index contributed by atoms with van der Waals surface area (Å²) in [5.74, 6) is 0.769. The van der Waals surface area contributed by atoms with Crippen molar-refractivity contribution in [1.82, 2.24) is 20.3 Å². The van der Waals surface area contributed by atoms with E-state index in [0.717, 1.165) is 41.8 Å². The predicted octanol–water partition coefficient (Wildman–Crippen LogP) is 3.20. The standard InChI is InChI=1S/C17H21ClN4OS/c1-22-9-14(20-21-22)13-8-17(7-12(19-13)10-2-3-10)16-11(4-5-23-17)6-15(18)24-16/h6,9-10,12-13,19H,2-5,7-8H2,1H3/t12-,13+,17+/m1/s1. The smallest absolute Gasteiger partial charge is 0.106 e. The molecule has 1 aliphatic carbocycles. The summed E-state index contributed by atoms with van der Waals surface area (Å²) in [5.41, 5.74) is 2.18. The summed E-state index contributed by atoms with van der Waals surface area (Å²) in [6, 6.07) is 2.81. The molecule has 128 valence electrons. The first-order valence-electron chi connectivity index (χ1n) is 8.68. The molecule has 0 amide bonds. The highest BCUT2D eigenvalue weighted by Gasteiger charge is 2.50. The van der Waals surface area contributed by atoms with Crippen LogP contribution >= 0.6 is 22.9 Å². The maximum atomic E-state index is 6.47. The van der Waals surface area contributed by atoms with Gasteiger partial charge in [-0.2, -0.15) is 0 Å². The molecule has 0 aromatic carbocycles. The first kappa shape index (κ1) is 15.3. The Morgan fingerprint density at radius 3 is 3.04 bits per heavy atom. The van der Waals surface area contributed by atoms with E-state index < -0.39 is 0 Å². The molecule has 3 atom stereocenters. The summed E-state index contributed by atoms with van der Waals surface area (Å²) in [5, 5.41) is 12.3. The third kappa shape index (κ3) is 2.51. The van der Waals surface area contributed by atoms with E-state index in [4.69, 9.17) is 16.3 Å². The number of thiophene rings is 1. The van der Waals surface area contributed by atoms with Crippen molar-refractivity contribution in [3.8, 4) is 0 Å². The van der Waals surface area contributed by atoms with Crippen LogP contribution in [0.25, 0.3) is 0 Å². The fourth-order valence-electron chi connectivity index (χ4n) is 4.35. The third-order valence-electron chi connectivity index (χ3n) is 5.61. The summed E-state index contributed by atoms with van der Waals surface area (Å²) in [4.78, 5) is 1.35.